The van der Waals surface area contributed by atoms with Gasteiger partial charge in [0.1, 0.15) is 22.6 Å². The summed E-state index contributed by atoms with van der Waals surface area (Å²) in [6.45, 7) is 6.57. The Morgan fingerprint density at radius 3 is 2.04 bits per heavy atom. The van der Waals surface area contributed by atoms with Gasteiger partial charge in [-0.3, -0.25) is 0 Å². The molecule has 6 heteroatoms. The van der Waals surface area contributed by atoms with Crippen molar-refractivity contribution in [1.29, 1.82) is 0 Å². The summed E-state index contributed by atoms with van der Waals surface area (Å²) in [5.41, 5.74) is 0.273. The van der Waals surface area contributed by atoms with Gasteiger partial charge in [0.05, 0.1) is 12.5 Å². The number of carboxylic acids is 1. The first-order chi connectivity index (χ1) is 11.5. The van der Waals surface area contributed by atoms with Gasteiger partial charge in [-0.2, -0.15) is 0 Å². The van der Waals surface area contributed by atoms with Crippen LogP contribution in [0.25, 0.3) is 0 Å². The Balaban J connectivity index is 0.000000240. The fourth-order valence-electron chi connectivity index (χ4n) is 1.62. The van der Waals surface area contributed by atoms with E-state index in [1.807, 2.05) is 0 Å². The Bertz CT molecular complexity index is 736. The summed E-state index contributed by atoms with van der Waals surface area (Å²) < 4.78 is 9.36. The molecule has 24 heavy (non-hydrogen) atoms. The molecule has 2 aromatic carbocycles. The molecular weight excluding hydrogens is 312 g/mol. The van der Waals surface area contributed by atoms with Gasteiger partial charge < -0.3 is 19.7 Å². The lowest BCUT2D eigenvalue weighted by molar-refractivity contribution is 0.0658. The predicted molar refractivity (Wildman–Crippen MR) is 87.9 cm³/mol. The van der Waals surface area contributed by atoms with Gasteiger partial charge in [-0.15, -0.1) is 0 Å². The molecule has 0 heterocycles. The molecule has 0 aliphatic heterocycles. The van der Waals surface area contributed by atoms with Crippen LogP contribution in [0.4, 0.5) is 0 Å². The molecule has 0 aliphatic rings. The monoisotopic (exact) mass is 328 g/mol. The van der Waals surface area contributed by atoms with Gasteiger partial charge >= 0.3 is 11.9 Å². The highest BCUT2D eigenvalue weighted by Gasteiger charge is 2.09. The van der Waals surface area contributed by atoms with E-state index < -0.39 is 11.9 Å². The van der Waals surface area contributed by atoms with Crippen LogP contribution in [0, 0.1) is 0 Å². The Hall–Kier alpha value is -3.54. The molecule has 0 unspecified atom stereocenters. The molecule has 0 aromatic heterocycles. The van der Waals surface area contributed by atoms with E-state index in [9.17, 15) is 14.7 Å². The molecule has 0 aliphatic carbocycles. The fourth-order valence-corrected chi connectivity index (χ4v) is 1.62. The highest BCUT2D eigenvalue weighted by atomic mass is 16.5. The van der Waals surface area contributed by atoms with E-state index in [0.29, 0.717) is 5.75 Å². The number of benzene rings is 2. The van der Waals surface area contributed by atoms with Gasteiger partial charge in [-0.1, -0.05) is 37.4 Å². The van der Waals surface area contributed by atoms with Crippen molar-refractivity contribution in [1.82, 2.24) is 0 Å². The van der Waals surface area contributed by atoms with Crippen molar-refractivity contribution >= 4 is 11.9 Å². The number of hydrogen-bond donors (Lipinski definition) is 2. The van der Waals surface area contributed by atoms with E-state index in [1.54, 1.807) is 30.3 Å². The van der Waals surface area contributed by atoms with Crippen molar-refractivity contribution < 1.29 is 29.3 Å². The van der Waals surface area contributed by atoms with Gasteiger partial charge in [0, 0.05) is 0 Å². The van der Waals surface area contributed by atoms with Gasteiger partial charge in [0.2, 0.25) is 0 Å². The summed E-state index contributed by atoms with van der Waals surface area (Å²) in [5, 5.41) is 17.9. The third kappa shape index (κ3) is 5.34. The maximum atomic E-state index is 11.0. The quantitative estimate of drug-likeness (QED) is 0.643. The second kappa shape index (κ2) is 9.47. The van der Waals surface area contributed by atoms with Crippen molar-refractivity contribution in [3.63, 3.8) is 0 Å². The fraction of sp³-hybridized carbons (Fsp3) is 0. The zero-order chi connectivity index (χ0) is 17.9. The molecule has 0 bridgehead atoms. The molecule has 0 saturated heterocycles. The summed E-state index contributed by atoms with van der Waals surface area (Å²) in [4.78, 5) is 21.6. The molecule has 0 amide bonds. The van der Waals surface area contributed by atoms with Crippen molar-refractivity contribution in [3.8, 4) is 11.5 Å². The maximum absolute atomic E-state index is 11.0. The molecular formula is C18H16O6. The maximum Gasteiger partial charge on any atom is 0.346 e. The van der Waals surface area contributed by atoms with Crippen LogP contribution in [0.3, 0.4) is 0 Å². The second-order valence-corrected chi connectivity index (χ2v) is 4.17. The number of para-hydroxylation sites is 2. The number of aromatic carboxylic acids is 1. The van der Waals surface area contributed by atoms with Crippen LogP contribution in [-0.2, 0) is 4.74 Å². The molecule has 2 aromatic rings. The Morgan fingerprint density at radius 1 is 0.917 bits per heavy atom. The molecule has 0 radical (unpaired) electrons. The van der Waals surface area contributed by atoms with Crippen molar-refractivity contribution in [2.24, 2.45) is 0 Å². The van der Waals surface area contributed by atoms with E-state index in [0.717, 1.165) is 6.26 Å². The molecule has 2 rings (SSSR count). The van der Waals surface area contributed by atoms with E-state index in [4.69, 9.17) is 9.84 Å². The lowest BCUT2D eigenvalue weighted by Crippen LogP contribution is -1.99. The normalized spacial score (nSPS) is 9.00. The third-order valence-corrected chi connectivity index (χ3v) is 2.64. The summed E-state index contributed by atoms with van der Waals surface area (Å²) in [6, 6.07) is 12.5. The minimum absolute atomic E-state index is 0.0932. The molecule has 124 valence electrons. The standard InChI is InChI=1S/2C9H8O3/c1-2-12-8-6-4-3-5-7(8)9(10)11;1-2-12-9(11)7-5-3-4-6-8(7)10/h2-6H,1H2,(H,10,11);2-6,10H,1H2. The minimum atomic E-state index is -1.01. The molecule has 2 N–H and O–H groups in total. The number of carbonyl (C=O) groups is 2. The van der Waals surface area contributed by atoms with Crippen LogP contribution in [0.2, 0.25) is 0 Å². The number of hydrogen-bond acceptors (Lipinski definition) is 5. The van der Waals surface area contributed by atoms with Crippen molar-refractivity contribution in [2.75, 3.05) is 0 Å². The second-order valence-electron chi connectivity index (χ2n) is 4.17. The number of rotatable bonds is 5. The number of esters is 1. The van der Waals surface area contributed by atoms with E-state index in [-0.39, 0.29) is 16.9 Å². The van der Waals surface area contributed by atoms with E-state index in [1.165, 1.54) is 24.5 Å². The van der Waals surface area contributed by atoms with Crippen LogP contribution in [0.15, 0.2) is 74.2 Å². The highest BCUT2D eigenvalue weighted by Crippen LogP contribution is 2.17. The molecule has 0 atom stereocenters. The van der Waals surface area contributed by atoms with Crippen LogP contribution < -0.4 is 4.74 Å². The summed E-state index contributed by atoms with van der Waals surface area (Å²) in [5.74, 6) is -1.40. The van der Waals surface area contributed by atoms with Crippen LogP contribution >= 0.6 is 0 Å². The summed E-state index contributed by atoms with van der Waals surface area (Å²) in [7, 11) is 0. The summed E-state index contributed by atoms with van der Waals surface area (Å²) >= 11 is 0. The van der Waals surface area contributed by atoms with Crippen LogP contribution in [0.5, 0.6) is 11.5 Å². The molecule has 0 saturated carbocycles. The van der Waals surface area contributed by atoms with Gasteiger partial charge in [-0.05, 0) is 24.3 Å². The minimum Gasteiger partial charge on any atom is -0.507 e. The number of aromatic hydroxyl groups is 1. The smallest absolute Gasteiger partial charge is 0.346 e. The first-order valence-corrected chi connectivity index (χ1v) is 6.71. The highest BCUT2D eigenvalue weighted by molar-refractivity contribution is 5.92. The van der Waals surface area contributed by atoms with Gasteiger partial charge in [0.15, 0.2) is 0 Å². The molecule has 0 spiro atoms. The zero-order valence-electron chi connectivity index (χ0n) is 12.7. The topological polar surface area (TPSA) is 93.1 Å². The number of phenols is 1. The predicted octanol–water partition coefficient (Wildman–Crippen LogP) is 3.60. The van der Waals surface area contributed by atoms with Crippen molar-refractivity contribution in [3.05, 3.63) is 85.3 Å². The molecule has 0 fully saturated rings. The number of ether oxygens (including phenoxy) is 2. The lowest BCUT2D eigenvalue weighted by Gasteiger charge is -2.02. The first kappa shape index (κ1) is 18.5. The van der Waals surface area contributed by atoms with E-state index in [2.05, 4.69) is 17.9 Å². The number of phenolic OH excluding ortho intramolecular Hbond substituents is 1. The molecule has 6 nitrogen and oxygen atoms in total. The Morgan fingerprint density at radius 2 is 1.50 bits per heavy atom. The number of carboxylic acid groups (broad SMARTS) is 1. The van der Waals surface area contributed by atoms with Crippen LogP contribution in [0.1, 0.15) is 20.7 Å². The van der Waals surface area contributed by atoms with E-state index >= 15 is 0 Å². The van der Waals surface area contributed by atoms with Gasteiger partial charge in [0.25, 0.3) is 0 Å². The average Bonchev–Trinajstić information content (AvgIpc) is 2.56. The largest absolute Gasteiger partial charge is 0.507 e. The van der Waals surface area contributed by atoms with Crippen LogP contribution in [-0.4, -0.2) is 22.2 Å². The lowest BCUT2D eigenvalue weighted by atomic mass is 10.2. The Labute approximate surface area is 138 Å². The average molecular weight is 328 g/mol. The van der Waals surface area contributed by atoms with Crippen molar-refractivity contribution in [2.45, 2.75) is 0 Å². The third-order valence-electron chi connectivity index (χ3n) is 2.64. The summed E-state index contributed by atoms with van der Waals surface area (Å²) in [6.07, 6.45) is 2.22. The SMILES string of the molecule is C=COC(=O)c1ccccc1O.C=COc1ccccc1C(=O)O. The Kier molecular flexibility index (Phi) is 7.30. The zero-order valence-corrected chi connectivity index (χ0v) is 12.7. The van der Waals surface area contributed by atoms with Gasteiger partial charge in [-0.25, -0.2) is 9.59 Å². The number of carbonyl (C=O) groups excluding carboxylic acids is 1. The first-order valence-electron chi connectivity index (χ1n) is 6.71.